The highest BCUT2D eigenvalue weighted by Gasteiger charge is 2.32. The Morgan fingerprint density at radius 1 is 1.17 bits per heavy atom. The molecule has 0 bridgehead atoms. The first-order chi connectivity index (χ1) is 11.5. The second kappa shape index (κ2) is 6.98. The molecule has 0 aliphatic rings. The molecule has 3 rings (SSSR count). The summed E-state index contributed by atoms with van der Waals surface area (Å²) in [4.78, 5) is 4.07. The molecule has 0 aliphatic heterocycles. The fourth-order valence-electron chi connectivity index (χ4n) is 3.02. The number of aryl methyl sites for hydroxylation is 1. The lowest BCUT2D eigenvalue weighted by Crippen LogP contribution is -2.34. The van der Waals surface area contributed by atoms with Crippen molar-refractivity contribution in [2.75, 3.05) is 0 Å². The third kappa shape index (κ3) is 3.64. The summed E-state index contributed by atoms with van der Waals surface area (Å²) >= 11 is 12.4. The average Bonchev–Trinajstić information content (AvgIpc) is 3.02. The molecule has 0 spiro atoms. The number of aromatic nitrogens is 2. The van der Waals surface area contributed by atoms with E-state index in [1.165, 1.54) is 0 Å². The zero-order valence-corrected chi connectivity index (χ0v) is 14.8. The molecule has 0 amide bonds. The number of benzene rings is 2. The maximum atomic E-state index is 11.6. The van der Waals surface area contributed by atoms with Crippen LogP contribution in [0.2, 0.25) is 10.0 Å². The molecule has 1 heterocycles. The van der Waals surface area contributed by atoms with Gasteiger partial charge < -0.3 is 9.67 Å². The predicted octanol–water partition coefficient (Wildman–Crippen LogP) is 4.63. The second-order valence-corrected chi connectivity index (χ2v) is 6.84. The van der Waals surface area contributed by atoms with Crippen molar-refractivity contribution >= 4 is 23.2 Å². The molecule has 124 valence electrons. The van der Waals surface area contributed by atoms with E-state index < -0.39 is 5.60 Å². The van der Waals surface area contributed by atoms with Crippen LogP contribution in [0.1, 0.15) is 16.7 Å². The minimum absolute atomic E-state index is 0.376. The molecule has 0 radical (unpaired) electrons. The first-order valence-corrected chi connectivity index (χ1v) is 8.42. The van der Waals surface area contributed by atoms with Crippen molar-refractivity contribution in [1.29, 1.82) is 0 Å². The number of aliphatic hydroxyl groups is 1. The molecule has 1 atom stereocenters. The third-order valence-electron chi connectivity index (χ3n) is 4.13. The normalized spacial score (nSPS) is 13.7. The number of hydrogen-bond acceptors (Lipinski definition) is 2. The van der Waals surface area contributed by atoms with Crippen LogP contribution in [0.25, 0.3) is 0 Å². The van der Waals surface area contributed by atoms with Crippen LogP contribution < -0.4 is 0 Å². The van der Waals surface area contributed by atoms with Crippen LogP contribution in [-0.2, 0) is 18.6 Å². The number of hydrogen-bond donors (Lipinski definition) is 1. The topological polar surface area (TPSA) is 38.0 Å². The van der Waals surface area contributed by atoms with Gasteiger partial charge in [0.2, 0.25) is 0 Å². The standard InChI is InChI=1S/C19H18Cl2N2O/c1-14-10-16(20)6-7-17(14)19(24,12-23-9-8-22-13-23)11-15-4-2-3-5-18(15)21/h2-10,13,24H,11-12H2,1H3. The fraction of sp³-hybridized carbons (Fsp3) is 0.211. The molecule has 3 aromatic rings. The van der Waals surface area contributed by atoms with Gasteiger partial charge in [-0.2, -0.15) is 0 Å². The lowest BCUT2D eigenvalue weighted by Gasteiger charge is -2.31. The van der Waals surface area contributed by atoms with Gasteiger partial charge in [0, 0.05) is 28.9 Å². The van der Waals surface area contributed by atoms with Crippen molar-refractivity contribution in [3.05, 3.63) is 87.9 Å². The average molecular weight is 361 g/mol. The Morgan fingerprint density at radius 3 is 2.62 bits per heavy atom. The molecule has 0 fully saturated rings. The van der Waals surface area contributed by atoms with Gasteiger partial charge in [-0.25, -0.2) is 4.98 Å². The number of nitrogens with zero attached hydrogens (tertiary/aromatic N) is 2. The van der Waals surface area contributed by atoms with Crippen LogP contribution in [-0.4, -0.2) is 14.7 Å². The highest BCUT2D eigenvalue weighted by Crippen LogP contribution is 2.33. The molecular formula is C19H18Cl2N2O. The Morgan fingerprint density at radius 2 is 1.96 bits per heavy atom. The SMILES string of the molecule is Cc1cc(Cl)ccc1C(O)(Cc1ccccc1Cl)Cn1ccnc1. The fourth-order valence-corrected chi connectivity index (χ4v) is 3.45. The van der Waals surface area contributed by atoms with Gasteiger partial charge in [0.1, 0.15) is 5.60 Å². The van der Waals surface area contributed by atoms with Gasteiger partial charge in [0.05, 0.1) is 12.9 Å². The Bertz CT molecular complexity index is 833. The van der Waals surface area contributed by atoms with Crippen LogP contribution in [0.5, 0.6) is 0 Å². The van der Waals surface area contributed by atoms with Crippen molar-refractivity contribution in [3.63, 3.8) is 0 Å². The molecule has 1 N–H and O–H groups in total. The highest BCUT2D eigenvalue weighted by molar-refractivity contribution is 6.31. The largest absolute Gasteiger partial charge is 0.383 e. The minimum Gasteiger partial charge on any atom is -0.383 e. The van der Waals surface area contributed by atoms with Gasteiger partial charge in [-0.1, -0.05) is 47.5 Å². The first-order valence-electron chi connectivity index (χ1n) is 7.66. The zero-order chi connectivity index (χ0) is 17.2. The van der Waals surface area contributed by atoms with E-state index in [0.29, 0.717) is 23.0 Å². The first kappa shape index (κ1) is 17.0. The monoisotopic (exact) mass is 360 g/mol. The maximum Gasteiger partial charge on any atom is 0.112 e. The Balaban J connectivity index is 2.04. The Hall–Kier alpha value is -1.81. The summed E-state index contributed by atoms with van der Waals surface area (Å²) in [6, 6.07) is 13.1. The molecular weight excluding hydrogens is 343 g/mol. The number of rotatable bonds is 5. The van der Waals surface area contributed by atoms with E-state index >= 15 is 0 Å². The van der Waals surface area contributed by atoms with Crippen molar-refractivity contribution in [3.8, 4) is 0 Å². The van der Waals surface area contributed by atoms with Crippen LogP contribution in [0, 0.1) is 6.92 Å². The number of imidazole rings is 1. The van der Waals surface area contributed by atoms with Crippen molar-refractivity contribution in [2.45, 2.75) is 25.5 Å². The van der Waals surface area contributed by atoms with Gasteiger partial charge >= 0.3 is 0 Å². The van der Waals surface area contributed by atoms with Crippen LogP contribution >= 0.6 is 23.2 Å². The summed E-state index contributed by atoms with van der Waals surface area (Å²) in [5.74, 6) is 0. The van der Waals surface area contributed by atoms with E-state index in [4.69, 9.17) is 23.2 Å². The predicted molar refractivity (Wildman–Crippen MR) is 97.5 cm³/mol. The highest BCUT2D eigenvalue weighted by atomic mass is 35.5. The molecule has 5 heteroatoms. The third-order valence-corrected chi connectivity index (χ3v) is 4.74. The summed E-state index contributed by atoms with van der Waals surface area (Å²) < 4.78 is 1.87. The van der Waals surface area contributed by atoms with Gasteiger partial charge in [-0.05, 0) is 41.8 Å². The second-order valence-electron chi connectivity index (χ2n) is 5.99. The van der Waals surface area contributed by atoms with E-state index in [2.05, 4.69) is 4.98 Å². The van der Waals surface area contributed by atoms with Crippen LogP contribution in [0.3, 0.4) is 0 Å². The Labute approximate surface area is 151 Å². The summed E-state index contributed by atoms with van der Waals surface area (Å²) in [7, 11) is 0. The molecule has 2 aromatic carbocycles. The molecule has 0 saturated carbocycles. The van der Waals surface area contributed by atoms with Gasteiger partial charge in [-0.3, -0.25) is 0 Å². The van der Waals surface area contributed by atoms with Crippen molar-refractivity contribution < 1.29 is 5.11 Å². The lowest BCUT2D eigenvalue weighted by atomic mass is 9.84. The Kier molecular flexibility index (Phi) is 4.95. The van der Waals surface area contributed by atoms with E-state index in [1.807, 2.05) is 54.1 Å². The molecule has 1 unspecified atom stereocenters. The van der Waals surface area contributed by atoms with Gasteiger partial charge in [0.25, 0.3) is 0 Å². The van der Waals surface area contributed by atoms with Crippen LogP contribution in [0.4, 0.5) is 0 Å². The van der Waals surface area contributed by atoms with Crippen molar-refractivity contribution in [1.82, 2.24) is 9.55 Å². The maximum absolute atomic E-state index is 11.6. The van der Waals surface area contributed by atoms with E-state index in [9.17, 15) is 5.11 Å². The molecule has 1 aromatic heterocycles. The summed E-state index contributed by atoms with van der Waals surface area (Å²) in [5.41, 5.74) is 1.55. The summed E-state index contributed by atoms with van der Waals surface area (Å²) in [6.07, 6.45) is 5.63. The number of halogens is 2. The molecule has 24 heavy (non-hydrogen) atoms. The van der Waals surface area contributed by atoms with E-state index in [1.54, 1.807) is 18.6 Å². The minimum atomic E-state index is -1.12. The smallest absolute Gasteiger partial charge is 0.112 e. The molecule has 3 nitrogen and oxygen atoms in total. The summed E-state index contributed by atoms with van der Waals surface area (Å²) in [6.45, 7) is 2.33. The van der Waals surface area contributed by atoms with Gasteiger partial charge in [0.15, 0.2) is 0 Å². The zero-order valence-electron chi connectivity index (χ0n) is 13.3. The molecule has 0 saturated heterocycles. The van der Waals surface area contributed by atoms with Crippen molar-refractivity contribution in [2.24, 2.45) is 0 Å². The lowest BCUT2D eigenvalue weighted by molar-refractivity contribution is 0.0180. The summed E-state index contributed by atoms with van der Waals surface area (Å²) in [5, 5.41) is 12.9. The van der Waals surface area contributed by atoms with Crippen LogP contribution in [0.15, 0.2) is 61.2 Å². The van der Waals surface area contributed by atoms with E-state index in [0.717, 1.165) is 16.7 Å². The quantitative estimate of drug-likeness (QED) is 0.720. The van der Waals surface area contributed by atoms with Gasteiger partial charge in [-0.15, -0.1) is 0 Å². The molecule has 0 aliphatic carbocycles. The van der Waals surface area contributed by atoms with E-state index in [-0.39, 0.29) is 0 Å².